The normalized spacial score (nSPS) is 13.8. The van der Waals surface area contributed by atoms with Gasteiger partial charge in [0.15, 0.2) is 5.65 Å². The lowest BCUT2D eigenvalue weighted by molar-refractivity contribution is 0.679. The third-order valence-electron chi connectivity index (χ3n) is 4.04. The summed E-state index contributed by atoms with van der Waals surface area (Å²) in [6.45, 7) is 2.08. The molecule has 3 aromatic rings. The Kier molecular flexibility index (Phi) is 4.04. The monoisotopic (exact) mass is 343 g/mol. The minimum absolute atomic E-state index is 0.558. The highest BCUT2D eigenvalue weighted by Gasteiger charge is 2.15. The van der Waals surface area contributed by atoms with Crippen molar-refractivity contribution in [3.63, 3.8) is 0 Å². The third kappa shape index (κ3) is 2.99. The number of aromatic nitrogens is 3. The van der Waals surface area contributed by atoms with Crippen molar-refractivity contribution in [2.45, 2.75) is 18.2 Å². The molecule has 24 heavy (non-hydrogen) atoms. The lowest BCUT2D eigenvalue weighted by Gasteiger charge is -2.20. The van der Waals surface area contributed by atoms with Gasteiger partial charge in [0.2, 0.25) is 0 Å². The second-order valence-corrected chi connectivity index (χ2v) is 8.38. The summed E-state index contributed by atoms with van der Waals surface area (Å²) in [7, 11) is 1.32. The van der Waals surface area contributed by atoms with E-state index in [0.717, 1.165) is 29.0 Å². The van der Waals surface area contributed by atoms with Crippen LogP contribution >= 0.6 is 0 Å². The molecule has 0 aliphatic heterocycles. The van der Waals surface area contributed by atoms with Crippen LogP contribution in [0.4, 0.5) is 5.82 Å². The molecule has 126 valence electrons. The molecule has 0 amide bonds. The molecule has 2 heterocycles. The maximum Gasteiger partial charge on any atom is 0.157 e. The van der Waals surface area contributed by atoms with E-state index in [1.807, 2.05) is 41.7 Å². The molecule has 2 aromatic heterocycles. The molecule has 0 saturated carbocycles. The van der Waals surface area contributed by atoms with Gasteiger partial charge in [-0.1, -0.05) is 12.1 Å². The predicted octanol–water partition coefficient (Wildman–Crippen LogP) is 2.73. The molecule has 1 N–H and O–H groups in total. The summed E-state index contributed by atoms with van der Waals surface area (Å²) in [6, 6.07) is 9.48. The first-order valence-electron chi connectivity index (χ1n) is 7.59. The smallest absolute Gasteiger partial charge is 0.157 e. The van der Waals surface area contributed by atoms with Gasteiger partial charge in [0.25, 0.3) is 0 Å². The Labute approximate surface area is 142 Å². The Bertz CT molecular complexity index is 988. The van der Waals surface area contributed by atoms with Crippen LogP contribution in [0.3, 0.4) is 0 Å². The fraction of sp³-hybridized carbons (Fsp3) is 0.294. The lowest BCUT2D eigenvalue weighted by Crippen LogP contribution is -2.17. The van der Waals surface area contributed by atoms with Gasteiger partial charge in [0, 0.05) is 37.2 Å². The highest BCUT2D eigenvalue weighted by Crippen LogP contribution is 2.26. The van der Waals surface area contributed by atoms with Gasteiger partial charge >= 0.3 is 0 Å². The SMILES string of the molecule is Cc1cc2ncnn2c(N(C)C)c1Cc1ccc([S@](C)(=N)=O)cc1. The Morgan fingerprint density at radius 3 is 2.50 bits per heavy atom. The maximum absolute atomic E-state index is 11.8. The van der Waals surface area contributed by atoms with Crippen LogP contribution in [0.25, 0.3) is 5.65 Å². The van der Waals surface area contributed by atoms with E-state index in [1.165, 1.54) is 11.8 Å². The summed E-state index contributed by atoms with van der Waals surface area (Å²) >= 11 is 0. The van der Waals surface area contributed by atoms with Crippen LogP contribution in [0.1, 0.15) is 16.7 Å². The summed E-state index contributed by atoms with van der Waals surface area (Å²) in [5, 5.41) is 4.33. The molecule has 0 radical (unpaired) electrons. The molecule has 1 atom stereocenters. The lowest BCUT2D eigenvalue weighted by atomic mass is 10.0. The average Bonchev–Trinajstić information content (AvgIpc) is 2.94. The molecule has 0 unspecified atom stereocenters. The first kappa shape index (κ1) is 16.4. The largest absolute Gasteiger partial charge is 0.362 e. The second-order valence-electron chi connectivity index (χ2n) is 6.22. The summed E-state index contributed by atoms with van der Waals surface area (Å²) in [5.74, 6) is 1.01. The average molecular weight is 343 g/mol. The minimum atomic E-state index is -2.67. The first-order chi connectivity index (χ1) is 11.3. The molecule has 0 fully saturated rings. The standard InChI is InChI=1S/C17H21N5OS/c1-12-9-16-19-11-20-22(16)17(21(2)3)15(12)10-13-5-7-14(8-6-13)24(4,18)23/h5-9,11,18H,10H2,1-4H3/t24-/m1/s1. The first-order valence-corrected chi connectivity index (χ1v) is 9.56. The molecule has 0 spiro atoms. The Morgan fingerprint density at radius 2 is 1.92 bits per heavy atom. The van der Waals surface area contributed by atoms with Gasteiger partial charge in [-0.05, 0) is 36.2 Å². The van der Waals surface area contributed by atoms with E-state index < -0.39 is 9.73 Å². The number of hydrogen-bond donors (Lipinski definition) is 1. The van der Waals surface area contributed by atoms with Crippen LogP contribution in [0.5, 0.6) is 0 Å². The molecule has 1 aromatic carbocycles. The van der Waals surface area contributed by atoms with Gasteiger partial charge in [-0.3, -0.25) is 0 Å². The maximum atomic E-state index is 11.8. The number of hydrogen-bond acceptors (Lipinski definition) is 5. The van der Waals surface area contributed by atoms with Gasteiger partial charge in [-0.2, -0.15) is 9.61 Å². The van der Waals surface area contributed by atoms with E-state index in [4.69, 9.17) is 4.78 Å². The van der Waals surface area contributed by atoms with Crippen LogP contribution in [-0.4, -0.2) is 39.2 Å². The topological polar surface area (TPSA) is 74.3 Å². The van der Waals surface area contributed by atoms with Gasteiger partial charge in [0.1, 0.15) is 12.1 Å². The fourth-order valence-electron chi connectivity index (χ4n) is 2.85. The van der Waals surface area contributed by atoms with Crippen LogP contribution in [-0.2, 0) is 16.1 Å². The number of fused-ring (bicyclic) bond motifs is 1. The molecular weight excluding hydrogens is 322 g/mol. The van der Waals surface area contributed by atoms with Crippen molar-refractivity contribution in [1.82, 2.24) is 14.6 Å². The summed E-state index contributed by atoms with van der Waals surface area (Å²) in [5.41, 5.74) is 4.26. The van der Waals surface area contributed by atoms with Crippen LogP contribution in [0.2, 0.25) is 0 Å². The van der Waals surface area contributed by atoms with Crippen molar-refractivity contribution in [3.8, 4) is 0 Å². The number of aryl methyl sites for hydroxylation is 1. The number of benzene rings is 1. The molecular formula is C17H21N5OS. The van der Waals surface area contributed by atoms with Gasteiger partial charge in [0.05, 0.1) is 9.73 Å². The summed E-state index contributed by atoms with van der Waals surface area (Å²) in [6.07, 6.45) is 3.74. The van der Waals surface area contributed by atoms with Crippen LogP contribution < -0.4 is 4.90 Å². The quantitative estimate of drug-likeness (QED) is 0.790. The summed E-state index contributed by atoms with van der Waals surface area (Å²) < 4.78 is 21.3. The molecule has 0 aliphatic rings. The van der Waals surface area contributed by atoms with Crippen LogP contribution in [0.15, 0.2) is 41.6 Å². The van der Waals surface area contributed by atoms with Gasteiger partial charge < -0.3 is 4.90 Å². The fourth-order valence-corrected chi connectivity index (χ4v) is 3.50. The second kappa shape index (κ2) is 5.90. The molecule has 7 heteroatoms. The number of rotatable bonds is 4. The van der Waals surface area contributed by atoms with Crippen molar-refractivity contribution >= 4 is 21.2 Å². The minimum Gasteiger partial charge on any atom is -0.362 e. The Morgan fingerprint density at radius 1 is 1.25 bits per heavy atom. The zero-order valence-electron chi connectivity index (χ0n) is 14.3. The van der Waals surface area contributed by atoms with Gasteiger partial charge in [-0.15, -0.1) is 0 Å². The Hall–Kier alpha value is -2.41. The van der Waals surface area contributed by atoms with E-state index in [1.54, 1.807) is 18.5 Å². The van der Waals surface area contributed by atoms with Crippen molar-refractivity contribution in [1.29, 1.82) is 4.78 Å². The Balaban J connectivity index is 2.06. The van der Waals surface area contributed by atoms with E-state index >= 15 is 0 Å². The number of nitrogens with one attached hydrogen (secondary N) is 1. The molecule has 0 aliphatic carbocycles. The van der Waals surface area contributed by atoms with Crippen molar-refractivity contribution in [2.75, 3.05) is 25.3 Å². The van der Waals surface area contributed by atoms with E-state index in [-0.39, 0.29) is 0 Å². The van der Waals surface area contributed by atoms with E-state index in [2.05, 4.69) is 17.0 Å². The zero-order chi connectivity index (χ0) is 17.5. The van der Waals surface area contributed by atoms with E-state index in [9.17, 15) is 4.21 Å². The van der Waals surface area contributed by atoms with Crippen molar-refractivity contribution in [2.24, 2.45) is 0 Å². The predicted molar refractivity (Wildman–Crippen MR) is 96.4 cm³/mol. The number of anilines is 1. The van der Waals surface area contributed by atoms with Gasteiger partial charge in [-0.25, -0.2) is 14.0 Å². The van der Waals surface area contributed by atoms with E-state index in [0.29, 0.717) is 4.90 Å². The highest BCUT2D eigenvalue weighted by atomic mass is 32.2. The zero-order valence-corrected chi connectivity index (χ0v) is 15.1. The van der Waals surface area contributed by atoms with Crippen molar-refractivity contribution in [3.05, 3.63) is 53.3 Å². The summed E-state index contributed by atoms with van der Waals surface area (Å²) in [4.78, 5) is 6.88. The number of pyridine rings is 1. The van der Waals surface area contributed by atoms with Crippen molar-refractivity contribution < 1.29 is 4.21 Å². The number of nitrogens with zero attached hydrogens (tertiary/aromatic N) is 4. The molecule has 6 nitrogen and oxygen atoms in total. The molecule has 0 saturated heterocycles. The molecule has 3 rings (SSSR count). The highest BCUT2D eigenvalue weighted by molar-refractivity contribution is 7.91. The molecule has 0 bridgehead atoms. The van der Waals surface area contributed by atoms with Crippen LogP contribution in [0, 0.1) is 11.7 Å². The third-order valence-corrected chi connectivity index (χ3v) is 5.22.